The third-order valence-electron chi connectivity index (χ3n) is 5.46. The van der Waals surface area contributed by atoms with Crippen LogP contribution in [0.2, 0.25) is 0 Å². The van der Waals surface area contributed by atoms with Crippen molar-refractivity contribution >= 4 is 23.5 Å². The van der Waals surface area contributed by atoms with Crippen LogP contribution in [0.5, 0.6) is 0 Å². The second-order valence-corrected chi connectivity index (χ2v) is 7.97. The molecule has 3 aromatic carbocycles. The summed E-state index contributed by atoms with van der Waals surface area (Å²) in [6, 6.07) is 29.6. The fraction of sp³-hybridized carbons (Fsp3) is 0.103. The molecule has 1 amide bonds. The third-order valence-corrected chi connectivity index (χ3v) is 5.46. The van der Waals surface area contributed by atoms with Crippen molar-refractivity contribution in [1.82, 2.24) is 4.98 Å². The van der Waals surface area contributed by atoms with Crippen LogP contribution in [-0.2, 0) is 11.3 Å². The lowest BCUT2D eigenvalue weighted by Gasteiger charge is -2.23. The molecule has 4 aromatic rings. The number of carbonyl (C=O) groups is 1. The molecule has 0 aliphatic rings. The highest BCUT2D eigenvalue weighted by molar-refractivity contribution is 6.03. The molecular weight excluding hydrogens is 425 g/mol. The molecule has 0 saturated heterocycles. The van der Waals surface area contributed by atoms with Crippen molar-refractivity contribution in [3.8, 4) is 0 Å². The Labute approximate surface area is 199 Å². The zero-order chi connectivity index (χ0) is 23.8. The van der Waals surface area contributed by atoms with Crippen LogP contribution in [0.25, 0.3) is 6.08 Å². The first-order valence-electron chi connectivity index (χ1n) is 11.1. The van der Waals surface area contributed by atoms with Crippen LogP contribution in [0, 0.1) is 5.82 Å². The molecule has 0 fully saturated rings. The molecule has 4 nitrogen and oxygen atoms in total. The largest absolute Gasteiger partial charge is 0.363 e. The van der Waals surface area contributed by atoms with Gasteiger partial charge in [-0.3, -0.25) is 4.79 Å². The van der Waals surface area contributed by atoms with Gasteiger partial charge in [-0.2, -0.15) is 0 Å². The molecule has 0 aliphatic heterocycles. The van der Waals surface area contributed by atoms with Gasteiger partial charge >= 0.3 is 0 Å². The Morgan fingerprint density at radius 2 is 1.65 bits per heavy atom. The maximum atomic E-state index is 13.4. The lowest BCUT2D eigenvalue weighted by atomic mass is 10.1. The van der Waals surface area contributed by atoms with Crippen molar-refractivity contribution in [2.75, 3.05) is 10.2 Å². The third kappa shape index (κ3) is 6.17. The average molecular weight is 452 g/mol. The molecule has 0 spiro atoms. The van der Waals surface area contributed by atoms with Crippen molar-refractivity contribution in [3.63, 3.8) is 0 Å². The van der Waals surface area contributed by atoms with Crippen LogP contribution < -0.4 is 10.2 Å². The smallest absolute Gasteiger partial charge is 0.251 e. The molecule has 1 atom stereocenters. The van der Waals surface area contributed by atoms with Gasteiger partial charge in [-0.05, 0) is 47.9 Å². The number of benzene rings is 3. The highest BCUT2D eigenvalue weighted by Gasteiger charge is 2.16. The van der Waals surface area contributed by atoms with Gasteiger partial charge in [0, 0.05) is 30.1 Å². The zero-order valence-electron chi connectivity index (χ0n) is 18.9. The summed E-state index contributed by atoms with van der Waals surface area (Å²) in [5, 5.41) is 3.40. The number of carbonyl (C=O) groups excluding carboxylic acids is 1. The molecule has 0 saturated carbocycles. The van der Waals surface area contributed by atoms with E-state index in [0.29, 0.717) is 18.1 Å². The van der Waals surface area contributed by atoms with E-state index >= 15 is 0 Å². The van der Waals surface area contributed by atoms with E-state index in [9.17, 15) is 9.18 Å². The summed E-state index contributed by atoms with van der Waals surface area (Å²) < 4.78 is 13.4. The second-order valence-electron chi connectivity index (χ2n) is 7.97. The van der Waals surface area contributed by atoms with E-state index in [4.69, 9.17) is 0 Å². The van der Waals surface area contributed by atoms with Gasteiger partial charge in [0.15, 0.2) is 0 Å². The standard InChI is InChI=1S/C29H26FN3O/c1-22(25-10-6-3-7-11-25)32-28-20-27(18-19-31-28)33(21-24-12-15-26(30)16-13-24)29(34)17-14-23-8-4-2-5-9-23/h2-20,22H,21H2,1H3,(H,31,32)/b17-14+/t22-/m0/s1. The number of hydrogen-bond donors (Lipinski definition) is 1. The van der Waals surface area contributed by atoms with Gasteiger partial charge in [0.25, 0.3) is 5.91 Å². The van der Waals surface area contributed by atoms with Crippen LogP contribution in [-0.4, -0.2) is 10.9 Å². The summed E-state index contributed by atoms with van der Waals surface area (Å²) in [4.78, 5) is 19.4. The van der Waals surface area contributed by atoms with Crippen LogP contribution in [0.3, 0.4) is 0 Å². The minimum Gasteiger partial charge on any atom is -0.363 e. The summed E-state index contributed by atoms with van der Waals surface area (Å²) in [5.41, 5.74) is 3.60. The van der Waals surface area contributed by atoms with E-state index in [-0.39, 0.29) is 17.8 Å². The Morgan fingerprint density at radius 1 is 0.971 bits per heavy atom. The number of rotatable bonds is 8. The number of hydrogen-bond acceptors (Lipinski definition) is 3. The Morgan fingerprint density at radius 3 is 2.35 bits per heavy atom. The van der Waals surface area contributed by atoms with Crippen LogP contribution in [0.15, 0.2) is 109 Å². The molecule has 5 heteroatoms. The van der Waals surface area contributed by atoms with E-state index < -0.39 is 0 Å². The fourth-order valence-electron chi connectivity index (χ4n) is 3.60. The molecule has 170 valence electrons. The Bertz CT molecular complexity index is 1240. The predicted molar refractivity (Wildman–Crippen MR) is 136 cm³/mol. The van der Waals surface area contributed by atoms with Gasteiger partial charge in [0.2, 0.25) is 0 Å². The highest BCUT2D eigenvalue weighted by Crippen LogP contribution is 2.24. The summed E-state index contributed by atoms with van der Waals surface area (Å²) in [6.07, 6.45) is 5.03. The minimum atomic E-state index is -0.309. The van der Waals surface area contributed by atoms with Gasteiger partial charge in [0.1, 0.15) is 11.6 Å². The normalized spacial score (nSPS) is 11.8. The maximum absolute atomic E-state index is 13.4. The van der Waals surface area contributed by atoms with Crippen LogP contribution >= 0.6 is 0 Å². The number of anilines is 2. The Balaban J connectivity index is 1.59. The first-order chi connectivity index (χ1) is 16.6. The average Bonchev–Trinajstić information content (AvgIpc) is 2.88. The van der Waals surface area contributed by atoms with E-state index in [2.05, 4.69) is 29.4 Å². The number of nitrogens with zero attached hydrogens (tertiary/aromatic N) is 2. The number of nitrogens with one attached hydrogen (secondary N) is 1. The summed E-state index contributed by atoms with van der Waals surface area (Å²) in [5.74, 6) is 0.176. The molecule has 1 heterocycles. The molecular formula is C29H26FN3O. The summed E-state index contributed by atoms with van der Waals surface area (Å²) in [6.45, 7) is 2.36. The number of halogens is 1. The Hall–Kier alpha value is -4.25. The van der Waals surface area contributed by atoms with E-state index in [0.717, 1.165) is 16.7 Å². The van der Waals surface area contributed by atoms with Crippen molar-refractivity contribution in [2.45, 2.75) is 19.5 Å². The van der Waals surface area contributed by atoms with Crippen molar-refractivity contribution in [1.29, 1.82) is 0 Å². The summed E-state index contributed by atoms with van der Waals surface area (Å²) >= 11 is 0. The van der Waals surface area contributed by atoms with Gasteiger partial charge in [0.05, 0.1) is 6.54 Å². The highest BCUT2D eigenvalue weighted by atomic mass is 19.1. The number of pyridine rings is 1. The zero-order valence-corrected chi connectivity index (χ0v) is 18.9. The monoisotopic (exact) mass is 451 g/mol. The SMILES string of the molecule is C[C@H](Nc1cc(N(Cc2ccc(F)cc2)C(=O)/C=C/c2ccccc2)ccn1)c1ccccc1. The van der Waals surface area contributed by atoms with Crippen molar-refractivity contribution in [3.05, 3.63) is 132 Å². The summed E-state index contributed by atoms with van der Waals surface area (Å²) in [7, 11) is 0. The topological polar surface area (TPSA) is 45.2 Å². The van der Waals surface area contributed by atoms with Gasteiger partial charge < -0.3 is 10.2 Å². The molecule has 4 rings (SSSR count). The number of aromatic nitrogens is 1. The molecule has 0 radical (unpaired) electrons. The van der Waals surface area contributed by atoms with E-state index in [1.807, 2.05) is 54.6 Å². The minimum absolute atomic E-state index is 0.0446. The Kier molecular flexibility index (Phi) is 7.45. The van der Waals surface area contributed by atoms with Gasteiger partial charge in [-0.25, -0.2) is 9.37 Å². The van der Waals surface area contributed by atoms with Gasteiger partial charge in [-0.15, -0.1) is 0 Å². The lowest BCUT2D eigenvalue weighted by molar-refractivity contribution is -0.114. The lowest BCUT2D eigenvalue weighted by Crippen LogP contribution is -2.29. The molecule has 1 aromatic heterocycles. The predicted octanol–water partition coefficient (Wildman–Crippen LogP) is 6.64. The van der Waals surface area contributed by atoms with E-state index in [1.54, 1.807) is 41.4 Å². The van der Waals surface area contributed by atoms with Crippen molar-refractivity contribution < 1.29 is 9.18 Å². The first kappa shape index (κ1) is 22.9. The molecule has 0 bridgehead atoms. The molecule has 34 heavy (non-hydrogen) atoms. The van der Waals surface area contributed by atoms with E-state index in [1.165, 1.54) is 12.1 Å². The van der Waals surface area contributed by atoms with Crippen molar-refractivity contribution in [2.24, 2.45) is 0 Å². The van der Waals surface area contributed by atoms with Crippen LogP contribution in [0.4, 0.5) is 15.9 Å². The molecule has 0 unspecified atom stereocenters. The van der Waals surface area contributed by atoms with Gasteiger partial charge in [-0.1, -0.05) is 72.8 Å². The quantitative estimate of drug-likeness (QED) is 0.305. The maximum Gasteiger partial charge on any atom is 0.251 e. The molecule has 1 N–H and O–H groups in total. The fourth-order valence-corrected chi connectivity index (χ4v) is 3.60. The molecule has 0 aliphatic carbocycles. The number of amides is 1. The van der Waals surface area contributed by atoms with Crippen LogP contribution in [0.1, 0.15) is 29.7 Å². The first-order valence-corrected chi connectivity index (χ1v) is 11.1. The second kappa shape index (κ2) is 11.1.